The highest BCUT2D eigenvalue weighted by molar-refractivity contribution is 5.71. The number of nitrogens with two attached hydrogens (primary N) is 1. The molecule has 0 radical (unpaired) electrons. The van der Waals surface area contributed by atoms with E-state index < -0.39 is 0 Å². The number of nitrogen functional groups attached to an aromatic ring is 1. The predicted octanol–water partition coefficient (Wildman–Crippen LogP) is 3.48. The number of aryl methyl sites for hydroxylation is 1. The first kappa shape index (κ1) is 13.9. The third-order valence-electron chi connectivity index (χ3n) is 3.19. The van der Waals surface area contributed by atoms with Crippen LogP contribution >= 0.6 is 0 Å². The highest BCUT2D eigenvalue weighted by Crippen LogP contribution is 2.26. The summed E-state index contributed by atoms with van der Waals surface area (Å²) >= 11 is 0. The van der Waals surface area contributed by atoms with Crippen LogP contribution in [-0.2, 0) is 0 Å². The van der Waals surface area contributed by atoms with E-state index in [1.54, 1.807) is 12.1 Å². The molecule has 0 amide bonds. The van der Waals surface area contributed by atoms with Gasteiger partial charge in [0.1, 0.15) is 11.6 Å². The van der Waals surface area contributed by atoms with Crippen molar-refractivity contribution in [2.75, 3.05) is 11.1 Å². The summed E-state index contributed by atoms with van der Waals surface area (Å²) in [4.78, 5) is 8.21. The summed E-state index contributed by atoms with van der Waals surface area (Å²) in [7, 11) is 0. The van der Waals surface area contributed by atoms with Gasteiger partial charge in [-0.3, -0.25) is 0 Å². The smallest absolute Gasteiger partial charge is 0.222 e. The van der Waals surface area contributed by atoms with Crippen molar-refractivity contribution < 1.29 is 5.11 Å². The van der Waals surface area contributed by atoms with Crippen LogP contribution in [0, 0.1) is 6.92 Å². The second-order valence-corrected chi connectivity index (χ2v) is 5.01. The zero-order valence-electron chi connectivity index (χ0n) is 12.1. The van der Waals surface area contributed by atoms with Gasteiger partial charge in [-0.15, -0.1) is 0 Å². The number of anilines is 3. The fraction of sp³-hybridized carbons (Fsp3) is 0.0588. The Bertz CT molecular complexity index is 797. The minimum absolute atomic E-state index is 0.242. The Kier molecular flexibility index (Phi) is 3.62. The van der Waals surface area contributed by atoms with E-state index >= 15 is 0 Å². The molecule has 0 unspecified atom stereocenters. The monoisotopic (exact) mass is 292 g/mol. The van der Waals surface area contributed by atoms with Crippen LogP contribution in [0.1, 0.15) is 5.69 Å². The first-order valence-corrected chi connectivity index (χ1v) is 6.88. The molecule has 0 saturated carbocycles. The standard InChI is InChI=1S/C17H16N4O/c1-11-8-16(21-17(18)19-11)20-14-6-2-4-12(9-14)13-5-3-7-15(22)10-13/h2-10,22H,1H3,(H3,18,19,20,21). The van der Waals surface area contributed by atoms with Gasteiger partial charge in [0.2, 0.25) is 5.95 Å². The lowest BCUT2D eigenvalue weighted by Crippen LogP contribution is -2.01. The second kappa shape index (κ2) is 5.73. The van der Waals surface area contributed by atoms with Gasteiger partial charge in [-0.1, -0.05) is 24.3 Å². The van der Waals surface area contributed by atoms with E-state index in [1.807, 2.05) is 49.4 Å². The van der Waals surface area contributed by atoms with Crippen molar-refractivity contribution >= 4 is 17.5 Å². The van der Waals surface area contributed by atoms with Gasteiger partial charge in [-0.2, -0.15) is 4.98 Å². The largest absolute Gasteiger partial charge is 0.508 e. The van der Waals surface area contributed by atoms with Crippen molar-refractivity contribution in [2.45, 2.75) is 6.92 Å². The second-order valence-electron chi connectivity index (χ2n) is 5.01. The maximum atomic E-state index is 9.59. The molecule has 1 heterocycles. The summed E-state index contributed by atoms with van der Waals surface area (Å²) in [5.74, 6) is 1.14. The zero-order valence-corrected chi connectivity index (χ0v) is 12.1. The van der Waals surface area contributed by atoms with E-state index in [-0.39, 0.29) is 11.7 Å². The molecule has 0 atom stereocenters. The van der Waals surface area contributed by atoms with Gasteiger partial charge < -0.3 is 16.2 Å². The van der Waals surface area contributed by atoms with Crippen molar-refractivity contribution in [3.63, 3.8) is 0 Å². The van der Waals surface area contributed by atoms with E-state index in [9.17, 15) is 5.11 Å². The SMILES string of the molecule is Cc1cc(Nc2cccc(-c3cccc(O)c3)c2)nc(N)n1. The molecule has 3 aromatic rings. The Morgan fingerprint density at radius 1 is 0.955 bits per heavy atom. The Balaban J connectivity index is 1.91. The van der Waals surface area contributed by atoms with Gasteiger partial charge in [0.05, 0.1) is 0 Å². The van der Waals surface area contributed by atoms with Crippen LogP contribution in [0.5, 0.6) is 5.75 Å². The number of aromatic nitrogens is 2. The summed E-state index contributed by atoms with van der Waals surface area (Å²) < 4.78 is 0. The number of phenols is 1. The lowest BCUT2D eigenvalue weighted by molar-refractivity contribution is 0.475. The number of aromatic hydroxyl groups is 1. The molecule has 1 aromatic heterocycles. The number of benzene rings is 2. The van der Waals surface area contributed by atoms with E-state index in [4.69, 9.17) is 5.73 Å². The topological polar surface area (TPSA) is 84.1 Å². The van der Waals surface area contributed by atoms with Crippen LogP contribution in [-0.4, -0.2) is 15.1 Å². The third kappa shape index (κ3) is 3.15. The van der Waals surface area contributed by atoms with Gasteiger partial charge in [0.15, 0.2) is 0 Å². The van der Waals surface area contributed by atoms with Crippen LogP contribution < -0.4 is 11.1 Å². The molecule has 0 aliphatic rings. The summed E-state index contributed by atoms with van der Waals surface area (Å²) in [6.07, 6.45) is 0. The molecule has 0 fully saturated rings. The maximum absolute atomic E-state index is 9.59. The Morgan fingerprint density at radius 3 is 2.41 bits per heavy atom. The predicted molar refractivity (Wildman–Crippen MR) is 88.0 cm³/mol. The van der Waals surface area contributed by atoms with E-state index in [0.717, 1.165) is 22.5 Å². The minimum Gasteiger partial charge on any atom is -0.508 e. The number of rotatable bonds is 3. The van der Waals surface area contributed by atoms with Gasteiger partial charge in [-0.25, -0.2) is 4.98 Å². The molecule has 5 heteroatoms. The number of phenolic OH excluding ortho intramolecular Hbond substituents is 1. The van der Waals surface area contributed by atoms with Crippen LogP contribution in [0.15, 0.2) is 54.6 Å². The summed E-state index contributed by atoms with van der Waals surface area (Å²) in [5, 5.41) is 12.8. The maximum Gasteiger partial charge on any atom is 0.222 e. The molecule has 0 aliphatic heterocycles. The average molecular weight is 292 g/mol. The normalized spacial score (nSPS) is 10.4. The third-order valence-corrected chi connectivity index (χ3v) is 3.19. The molecule has 0 aliphatic carbocycles. The minimum atomic E-state index is 0.242. The summed E-state index contributed by atoms with van der Waals surface area (Å²) in [5.41, 5.74) is 9.30. The van der Waals surface area contributed by atoms with Crippen molar-refractivity contribution in [3.05, 3.63) is 60.3 Å². The molecule has 110 valence electrons. The fourth-order valence-electron chi connectivity index (χ4n) is 2.27. The first-order chi connectivity index (χ1) is 10.6. The quantitative estimate of drug-likeness (QED) is 0.688. The Morgan fingerprint density at radius 2 is 1.68 bits per heavy atom. The summed E-state index contributed by atoms with van der Waals surface area (Å²) in [6.45, 7) is 1.87. The van der Waals surface area contributed by atoms with Crippen LogP contribution in [0.25, 0.3) is 11.1 Å². The molecular weight excluding hydrogens is 276 g/mol. The van der Waals surface area contributed by atoms with Gasteiger partial charge in [-0.05, 0) is 42.3 Å². The van der Waals surface area contributed by atoms with Crippen LogP contribution in [0.3, 0.4) is 0 Å². The molecule has 22 heavy (non-hydrogen) atoms. The Hall–Kier alpha value is -3.08. The molecule has 4 N–H and O–H groups in total. The highest BCUT2D eigenvalue weighted by Gasteiger charge is 2.03. The van der Waals surface area contributed by atoms with Crippen molar-refractivity contribution in [1.29, 1.82) is 0 Å². The summed E-state index contributed by atoms with van der Waals surface area (Å²) in [6, 6.07) is 16.8. The molecule has 0 spiro atoms. The lowest BCUT2D eigenvalue weighted by Gasteiger charge is -2.09. The van der Waals surface area contributed by atoms with Gasteiger partial charge in [0, 0.05) is 17.4 Å². The fourth-order valence-corrected chi connectivity index (χ4v) is 2.27. The van der Waals surface area contributed by atoms with E-state index in [2.05, 4.69) is 15.3 Å². The molecule has 5 nitrogen and oxygen atoms in total. The van der Waals surface area contributed by atoms with E-state index in [0.29, 0.717) is 5.82 Å². The van der Waals surface area contributed by atoms with Crippen molar-refractivity contribution in [1.82, 2.24) is 9.97 Å². The number of nitrogens with one attached hydrogen (secondary N) is 1. The molecule has 3 rings (SSSR count). The van der Waals surface area contributed by atoms with E-state index in [1.165, 1.54) is 0 Å². The van der Waals surface area contributed by atoms with Crippen molar-refractivity contribution in [3.8, 4) is 16.9 Å². The highest BCUT2D eigenvalue weighted by atomic mass is 16.3. The van der Waals surface area contributed by atoms with Crippen LogP contribution in [0.4, 0.5) is 17.5 Å². The van der Waals surface area contributed by atoms with Gasteiger partial charge >= 0.3 is 0 Å². The average Bonchev–Trinajstić information content (AvgIpc) is 2.46. The van der Waals surface area contributed by atoms with Crippen molar-refractivity contribution in [2.24, 2.45) is 0 Å². The first-order valence-electron chi connectivity index (χ1n) is 6.88. The number of hydrogen-bond acceptors (Lipinski definition) is 5. The lowest BCUT2D eigenvalue weighted by atomic mass is 10.0. The molecule has 2 aromatic carbocycles. The Labute approximate surface area is 128 Å². The van der Waals surface area contributed by atoms with Crippen LogP contribution in [0.2, 0.25) is 0 Å². The molecule has 0 bridgehead atoms. The number of nitrogens with zero attached hydrogens (tertiary/aromatic N) is 2. The zero-order chi connectivity index (χ0) is 15.5. The molecular formula is C17H16N4O. The molecule has 0 saturated heterocycles. The van der Waals surface area contributed by atoms with Gasteiger partial charge in [0.25, 0.3) is 0 Å². The number of hydrogen-bond donors (Lipinski definition) is 3.